The number of ether oxygens (including phenoxy) is 1. The van der Waals surface area contributed by atoms with Crippen molar-refractivity contribution in [2.45, 2.75) is 0 Å². The van der Waals surface area contributed by atoms with Gasteiger partial charge in [0.1, 0.15) is 23.5 Å². The van der Waals surface area contributed by atoms with Gasteiger partial charge in [-0.05, 0) is 17.2 Å². The highest BCUT2D eigenvalue weighted by Gasteiger charge is 2.27. The zero-order chi connectivity index (χ0) is 21.6. The lowest BCUT2D eigenvalue weighted by Crippen LogP contribution is -2.41. The van der Waals surface area contributed by atoms with Crippen molar-refractivity contribution in [1.82, 2.24) is 10.2 Å². The van der Waals surface area contributed by atoms with Crippen LogP contribution in [0.15, 0.2) is 83.6 Å². The predicted octanol–water partition coefficient (Wildman–Crippen LogP) is 3.70. The summed E-state index contributed by atoms with van der Waals surface area (Å²) in [6.07, 6.45) is 1.93. The maximum Gasteiger partial charge on any atom is 0.141 e. The number of nitrogens with one attached hydrogen (secondary N) is 2. The molecular weight excluding hydrogens is 386 g/mol. The van der Waals surface area contributed by atoms with Gasteiger partial charge in [0.25, 0.3) is 0 Å². The number of hydrogen-bond donors (Lipinski definition) is 2. The van der Waals surface area contributed by atoms with E-state index in [4.69, 9.17) is 10.1 Å². The minimum Gasteiger partial charge on any atom is -0.378 e. The standard InChI is InChI=1S/C25H21N5O/c26-16-21-20(18-7-3-1-4-8-18)15-23(19-9-5-2-6-10-19)29-24(21)22(17-27)25(28)30-11-13-31-14-12-30/h1-10,15,28-29H,11-14H2/b24-22-,28-25?. The largest absolute Gasteiger partial charge is 0.378 e. The molecule has 2 aromatic carbocycles. The van der Waals surface area contributed by atoms with Crippen LogP contribution in [0.4, 0.5) is 0 Å². The first-order chi connectivity index (χ1) is 15.2. The maximum absolute atomic E-state index is 10.1. The lowest BCUT2D eigenvalue weighted by molar-refractivity contribution is 0.0679. The van der Waals surface area contributed by atoms with E-state index in [-0.39, 0.29) is 11.4 Å². The Bertz CT molecular complexity index is 1160. The van der Waals surface area contributed by atoms with E-state index in [1.165, 1.54) is 0 Å². The lowest BCUT2D eigenvalue weighted by Gasteiger charge is -2.30. The fraction of sp³-hybridized carbons (Fsp3) is 0.160. The number of morpholine rings is 1. The fourth-order valence-corrected chi connectivity index (χ4v) is 3.68. The smallest absolute Gasteiger partial charge is 0.141 e. The number of hydrogen-bond acceptors (Lipinski definition) is 5. The van der Waals surface area contributed by atoms with Crippen LogP contribution in [0.2, 0.25) is 0 Å². The van der Waals surface area contributed by atoms with Gasteiger partial charge < -0.3 is 15.0 Å². The minimum absolute atomic E-state index is 0.0998. The molecule has 0 aliphatic carbocycles. The van der Waals surface area contributed by atoms with Crippen molar-refractivity contribution in [2.75, 3.05) is 26.3 Å². The van der Waals surface area contributed by atoms with Crippen LogP contribution in [0, 0.1) is 28.1 Å². The third kappa shape index (κ3) is 4.11. The quantitative estimate of drug-likeness (QED) is 0.460. The topological polar surface area (TPSA) is 95.9 Å². The average molecular weight is 407 g/mol. The van der Waals surface area contributed by atoms with Crippen LogP contribution in [-0.4, -0.2) is 37.0 Å². The molecule has 2 aliphatic heterocycles. The molecule has 4 rings (SSSR count). The van der Waals surface area contributed by atoms with Crippen molar-refractivity contribution in [1.29, 1.82) is 15.9 Å². The maximum atomic E-state index is 10.1. The summed E-state index contributed by atoms with van der Waals surface area (Å²) in [5, 5.41) is 32.0. The molecule has 0 atom stereocenters. The molecule has 1 fully saturated rings. The van der Waals surface area contributed by atoms with Gasteiger partial charge in [0.05, 0.1) is 24.5 Å². The second kappa shape index (κ2) is 9.13. The number of amidine groups is 1. The molecule has 0 amide bonds. The molecule has 0 saturated carbocycles. The van der Waals surface area contributed by atoms with E-state index >= 15 is 0 Å². The van der Waals surface area contributed by atoms with Gasteiger partial charge in [-0.2, -0.15) is 10.5 Å². The van der Waals surface area contributed by atoms with Crippen molar-refractivity contribution < 1.29 is 4.74 Å². The van der Waals surface area contributed by atoms with Crippen molar-refractivity contribution in [3.05, 3.63) is 94.7 Å². The highest BCUT2D eigenvalue weighted by molar-refractivity contribution is 6.04. The number of dihydropyridines is 1. The summed E-state index contributed by atoms with van der Waals surface area (Å²) in [7, 11) is 0. The van der Waals surface area contributed by atoms with Crippen molar-refractivity contribution >= 4 is 17.1 Å². The number of benzene rings is 2. The van der Waals surface area contributed by atoms with Crippen LogP contribution in [0.1, 0.15) is 11.1 Å². The van der Waals surface area contributed by atoms with E-state index in [1.807, 2.05) is 71.6 Å². The van der Waals surface area contributed by atoms with Crippen LogP contribution in [-0.2, 0) is 4.74 Å². The average Bonchev–Trinajstić information content (AvgIpc) is 2.85. The van der Waals surface area contributed by atoms with Gasteiger partial charge in [-0.3, -0.25) is 5.41 Å². The molecule has 2 aromatic rings. The molecule has 0 spiro atoms. The molecule has 152 valence electrons. The zero-order valence-corrected chi connectivity index (χ0v) is 16.9. The molecule has 0 unspecified atom stereocenters. The second-order valence-corrected chi connectivity index (χ2v) is 7.13. The van der Waals surface area contributed by atoms with Gasteiger partial charge in [-0.25, -0.2) is 0 Å². The van der Waals surface area contributed by atoms with E-state index in [9.17, 15) is 10.5 Å². The third-order valence-corrected chi connectivity index (χ3v) is 5.27. The Labute approximate surface area is 181 Å². The van der Waals surface area contributed by atoms with Crippen LogP contribution >= 0.6 is 0 Å². The van der Waals surface area contributed by atoms with E-state index in [2.05, 4.69) is 17.5 Å². The first kappa shape index (κ1) is 20.2. The van der Waals surface area contributed by atoms with Crippen molar-refractivity contribution in [3.8, 4) is 12.1 Å². The van der Waals surface area contributed by atoms with Crippen LogP contribution in [0.25, 0.3) is 11.3 Å². The number of rotatable bonds is 3. The Morgan fingerprint density at radius 3 is 2.13 bits per heavy atom. The Morgan fingerprint density at radius 1 is 0.935 bits per heavy atom. The highest BCUT2D eigenvalue weighted by atomic mass is 16.5. The summed E-state index contributed by atoms with van der Waals surface area (Å²) >= 11 is 0. The Kier molecular flexibility index (Phi) is 5.93. The molecule has 1 saturated heterocycles. The molecule has 2 heterocycles. The highest BCUT2D eigenvalue weighted by Crippen LogP contribution is 2.33. The van der Waals surface area contributed by atoms with Gasteiger partial charge >= 0.3 is 0 Å². The summed E-state index contributed by atoms with van der Waals surface area (Å²) < 4.78 is 5.38. The van der Waals surface area contributed by atoms with Gasteiger partial charge in [0.2, 0.25) is 0 Å². The lowest BCUT2D eigenvalue weighted by atomic mass is 9.91. The van der Waals surface area contributed by atoms with Crippen LogP contribution < -0.4 is 5.32 Å². The molecule has 0 radical (unpaired) electrons. The molecule has 0 bridgehead atoms. The molecule has 6 heteroatoms. The van der Waals surface area contributed by atoms with Crippen LogP contribution in [0.5, 0.6) is 0 Å². The number of nitrogens with zero attached hydrogens (tertiary/aromatic N) is 3. The molecule has 31 heavy (non-hydrogen) atoms. The van der Waals surface area contributed by atoms with Crippen LogP contribution in [0.3, 0.4) is 0 Å². The molecule has 2 N–H and O–H groups in total. The van der Waals surface area contributed by atoms with E-state index in [0.717, 1.165) is 22.4 Å². The number of nitriles is 2. The third-order valence-electron chi connectivity index (χ3n) is 5.27. The summed E-state index contributed by atoms with van der Waals surface area (Å²) in [6, 6.07) is 23.8. The second-order valence-electron chi connectivity index (χ2n) is 7.13. The predicted molar refractivity (Wildman–Crippen MR) is 119 cm³/mol. The monoisotopic (exact) mass is 407 g/mol. The minimum atomic E-state index is 0.0998. The van der Waals surface area contributed by atoms with E-state index in [0.29, 0.717) is 37.6 Å². The fourth-order valence-electron chi connectivity index (χ4n) is 3.68. The number of allylic oxidation sites excluding steroid dienone is 3. The van der Waals surface area contributed by atoms with Crippen molar-refractivity contribution in [3.63, 3.8) is 0 Å². The van der Waals surface area contributed by atoms with Gasteiger partial charge in [0, 0.05) is 24.4 Å². The Balaban J connectivity index is 1.90. The first-order valence-corrected chi connectivity index (χ1v) is 10.0. The Hall–Kier alpha value is -4.13. The summed E-state index contributed by atoms with van der Waals surface area (Å²) in [5.41, 5.74) is 4.16. The first-order valence-electron chi connectivity index (χ1n) is 10.0. The zero-order valence-electron chi connectivity index (χ0n) is 16.9. The molecule has 0 aromatic heterocycles. The normalized spacial score (nSPS) is 17.7. The molecule has 2 aliphatic rings. The van der Waals surface area contributed by atoms with Gasteiger partial charge in [-0.15, -0.1) is 0 Å². The molecular formula is C25H21N5O. The molecule has 6 nitrogen and oxygen atoms in total. The van der Waals surface area contributed by atoms with Gasteiger partial charge in [-0.1, -0.05) is 60.7 Å². The summed E-state index contributed by atoms with van der Waals surface area (Å²) in [4.78, 5) is 1.81. The summed E-state index contributed by atoms with van der Waals surface area (Å²) in [6.45, 7) is 2.09. The van der Waals surface area contributed by atoms with Gasteiger partial charge in [0.15, 0.2) is 0 Å². The van der Waals surface area contributed by atoms with E-state index < -0.39 is 0 Å². The SMILES string of the molecule is N#CC1=C(c2ccccc2)C=C(c2ccccc2)N/C1=C(/C#N)C(=N)N1CCOCC1. The van der Waals surface area contributed by atoms with Crippen molar-refractivity contribution in [2.24, 2.45) is 0 Å². The Morgan fingerprint density at radius 2 is 1.55 bits per heavy atom. The summed E-state index contributed by atoms with van der Waals surface area (Å²) in [5.74, 6) is 0.0998. The van der Waals surface area contributed by atoms with E-state index in [1.54, 1.807) is 0 Å².